The van der Waals surface area contributed by atoms with Crippen LogP contribution in [-0.2, 0) is 21.4 Å². The highest BCUT2D eigenvalue weighted by molar-refractivity contribution is 7.93. The molecular weight excluding hydrogens is 444 g/mol. The number of carbonyl (C=O) groups excluding carboxylic acids is 2. The molecule has 2 aromatic carbocycles. The van der Waals surface area contributed by atoms with Gasteiger partial charge in [0.05, 0.1) is 6.10 Å². The molecule has 0 atom stereocenters. The van der Waals surface area contributed by atoms with Crippen LogP contribution in [0.2, 0.25) is 0 Å². The summed E-state index contributed by atoms with van der Waals surface area (Å²) >= 11 is 0. The maximum Gasteiger partial charge on any atom is 0.321 e. The van der Waals surface area contributed by atoms with Crippen molar-refractivity contribution < 1.29 is 22.7 Å². The van der Waals surface area contributed by atoms with Crippen molar-refractivity contribution in [3.63, 3.8) is 0 Å². The molecule has 178 valence electrons. The van der Waals surface area contributed by atoms with Gasteiger partial charge in [-0.15, -0.1) is 0 Å². The third kappa shape index (κ3) is 7.98. The fourth-order valence-electron chi connectivity index (χ4n) is 3.40. The molecule has 0 aliphatic carbocycles. The molecule has 0 radical (unpaired) electrons. The fourth-order valence-corrected chi connectivity index (χ4v) is 4.41. The van der Waals surface area contributed by atoms with Gasteiger partial charge in [-0.1, -0.05) is 12.1 Å². The minimum Gasteiger partial charge on any atom is -0.491 e. The molecular formula is C23H30N4O5S. The number of likely N-dealkylation sites (tertiary alicyclic amines) is 1. The molecule has 3 amide bonds. The zero-order chi connectivity index (χ0) is 23.8. The van der Waals surface area contributed by atoms with E-state index in [2.05, 4.69) is 15.4 Å². The Hall–Kier alpha value is -3.27. The minimum atomic E-state index is -3.87. The average Bonchev–Trinajstić information content (AvgIpc) is 3.28. The number of nitrogens with zero attached hydrogens (tertiary/aromatic N) is 1. The summed E-state index contributed by atoms with van der Waals surface area (Å²) in [6.07, 6.45) is 2.03. The summed E-state index contributed by atoms with van der Waals surface area (Å²) in [6, 6.07) is 13.4. The summed E-state index contributed by atoms with van der Waals surface area (Å²) in [7, 11) is -3.87. The lowest BCUT2D eigenvalue weighted by Crippen LogP contribution is -2.33. The first-order valence-corrected chi connectivity index (χ1v) is 12.5. The highest BCUT2D eigenvalue weighted by atomic mass is 32.2. The van der Waals surface area contributed by atoms with Gasteiger partial charge in [-0.3, -0.25) is 9.52 Å². The topological polar surface area (TPSA) is 117 Å². The van der Waals surface area contributed by atoms with Crippen LogP contribution in [0.15, 0.2) is 48.5 Å². The summed E-state index contributed by atoms with van der Waals surface area (Å²) in [4.78, 5) is 26.2. The van der Waals surface area contributed by atoms with Crippen molar-refractivity contribution in [2.45, 2.75) is 39.3 Å². The maximum atomic E-state index is 12.3. The number of amides is 3. The Morgan fingerprint density at radius 2 is 1.73 bits per heavy atom. The number of benzene rings is 2. The predicted octanol–water partition coefficient (Wildman–Crippen LogP) is 3.16. The van der Waals surface area contributed by atoms with Crippen molar-refractivity contribution in [3.8, 4) is 5.75 Å². The Morgan fingerprint density at radius 1 is 1.03 bits per heavy atom. The molecule has 2 aromatic rings. The van der Waals surface area contributed by atoms with Gasteiger partial charge < -0.3 is 20.3 Å². The molecule has 1 heterocycles. The second-order valence-corrected chi connectivity index (χ2v) is 9.88. The van der Waals surface area contributed by atoms with Crippen LogP contribution in [0.4, 0.5) is 16.2 Å². The van der Waals surface area contributed by atoms with Gasteiger partial charge in [-0.05, 0) is 68.7 Å². The van der Waals surface area contributed by atoms with E-state index in [4.69, 9.17) is 4.74 Å². The van der Waals surface area contributed by atoms with Crippen LogP contribution >= 0.6 is 0 Å². The Morgan fingerprint density at radius 3 is 2.39 bits per heavy atom. The van der Waals surface area contributed by atoms with Gasteiger partial charge in [0, 0.05) is 31.0 Å². The van der Waals surface area contributed by atoms with Crippen LogP contribution in [-0.4, -0.2) is 50.2 Å². The van der Waals surface area contributed by atoms with E-state index in [1.165, 1.54) is 0 Å². The number of hydrogen-bond acceptors (Lipinski definition) is 5. The van der Waals surface area contributed by atoms with Gasteiger partial charge in [0.25, 0.3) is 0 Å². The van der Waals surface area contributed by atoms with Crippen LogP contribution in [0.5, 0.6) is 5.75 Å². The molecule has 33 heavy (non-hydrogen) atoms. The van der Waals surface area contributed by atoms with E-state index >= 15 is 0 Å². The van der Waals surface area contributed by atoms with Gasteiger partial charge in [0.15, 0.2) is 0 Å². The summed E-state index contributed by atoms with van der Waals surface area (Å²) in [5.74, 6) is -0.707. The van der Waals surface area contributed by atoms with Crippen molar-refractivity contribution in [2.75, 3.05) is 28.9 Å². The summed E-state index contributed by atoms with van der Waals surface area (Å²) in [6.45, 7) is 5.44. The lowest BCUT2D eigenvalue weighted by molar-refractivity contribution is -0.118. The number of rotatable bonds is 9. The van der Waals surface area contributed by atoms with Crippen LogP contribution in [0.3, 0.4) is 0 Å². The molecule has 0 saturated carbocycles. The minimum absolute atomic E-state index is 0.0123. The second-order valence-electron chi connectivity index (χ2n) is 8.15. The van der Waals surface area contributed by atoms with Crippen LogP contribution in [0.1, 0.15) is 32.3 Å². The van der Waals surface area contributed by atoms with E-state index in [-0.39, 0.29) is 18.7 Å². The van der Waals surface area contributed by atoms with Crippen molar-refractivity contribution in [1.82, 2.24) is 10.2 Å². The van der Waals surface area contributed by atoms with Crippen molar-refractivity contribution in [2.24, 2.45) is 0 Å². The molecule has 9 nitrogen and oxygen atoms in total. The molecule has 10 heteroatoms. The normalized spacial score (nSPS) is 13.6. The van der Waals surface area contributed by atoms with Crippen molar-refractivity contribution in [3.05, 3.63) is 54.1 Å². The first-order chi connectivity index (χ1) is 15.7. The second kappa shape index (κ2) is 11.0. The summed E-state index contributed by atoms with van der Waals surface area (Å²) in [5.41, 5.74) is 1.71. The van der Waals surface area contributed by atoms with E-state index in [0.717, 1.165) is 31.5 Å². The number of hydrogen-bond donors (Lipinski definition) is 3. The quantitative estimate of drug-likeness (QED) is 0.516. The Labute approximate surface area is 194 Å². The standard InChI is InChI=1S/C23H30N4O5S/c1-17(2)32-21-10-8-19(9-11-21)26-33(30,31)16-22(28)24-15-18-6-5-7-20(14-18)25-23(29)27-12-3-4-13-27/h5-11,14,17,26H,3-4,12-13,15-16H2,1-2H3,(H,24,28)(H,25,29). The maximum absolute atomic E-state index is 12.3. The zero-order valence-electron chi connectivity index (χ0n) is 18.8. The van der Waals surface area contributed by atoms with Crippen molar-refractivity contribution in [1.29, 1.82) is 0 Å². The predicted molar refractivity (Wildman–Crippen MR) is 128 cm³/mol. The van der Waals surface area contributed by atoms with E-state index in [1.54, 1.807) is 53.4 Å². The number of anilines is 2. The van der Waals surface area contributed by atoms with Crippen LogP contribution in [0, 0.1) is 0 Å². The third-order valence-corrected chi connectivity index (χ3v) is 6.07. The van der Waals surface area contributed by atoms with Crippen LogP contribution in [0.25, 0.3) is 0 Å². The summed E-state index contributed by atoms with van der Waals surface area (Å²) in [5, 5.41) is 5.46. The SMILES string of the molecule is CC(C)Oc1ccc(NS(=O)(=O)CC(=O)NCc2cccc(NC(=O)N3CCCC3)c2)cc1. The number of ether oxygens (including phenoxy) is 1. The highest BCUT2D eigenvalue weighted by Crippen LogP contribution is 2.18. The lowest BCUT2D eigenvalue weighted by Gasteiger charge is -2.16. The fraction of sp³-hybridized carbons (Fsp3) is 0.391. The smallest absolute Gasteiger partial charge is 0.321 e. The molecule has 0 unspecified atom stereocenters. The average molecular weight is 475 g/mol. The lowest BCUT2D eigenvalue weighted by atomic mass is 10.2. The first-order valence-electron chi connectivity index (χ1n) is 10.9. The molecule has 3 rings (SSSR count). The zero-order valence-corrected chi connectivity index (χ0v) is 19.7. The monoisotopic (exact) mass is 474 g/mol. The van der Waals surface area contributed by atoms with Gasteiger partial charge in [0.1, 0.15) is 11.5 Å². The first kappa shape index (κ1) is 24.4. The molecule has 1 aliphatic heterocycles. The van der Waals surface area contributed by atoms with Gasteiger partial charge in [-0.25, -0.2) is 13.2 Å². The Kier molecular flexibility index (Phi) is 8.16. The number of carbonyl (C=O) groups is 2. The molecule has 1 fully saturated rings. The van der Waals surface area contributed by atoms with Gasteiger partial charge in [-0.2, -0.15) is 0 Å². The van der Waals surface area contributed by atoms with E-state index in [9.17, 15) is 18.0 Å². The molecule has 1 aliphatic rings. The highest BCUT2D eigenvalue weighted by Gasteiger charge is 2.18. The molecule has 0 bridgehead atoms. The third-order valence-electron chi connectivity index (χ3n) is 4.88. The number of sulfonamides is 1. The number of nitrogens with one attached hydrogen (secondary N) is 3. The van der Waals surface area contributed by atoms with Crippen molar-refractivity contribution >= 4 is 33.3 Å². The molecule has 0 spiro atoms. The van der Waals surface area contributed by atoms with Gasteiger partial charge in [0.2, 0.25) is 15.9 Å². The Bertz CT molecular complexity index is 1060. The molecule has 1 saturated heterocycles. The molecule has 0 aromatic heterocycles. The van der Waals surface area contributed by atoms with Gasteiger partial charge >= 0.3 is 6.03 Å². The van der Waals surface area contributed by atoms with E-state index in [0.29, 0.717) is 17.1 Å². The van der Waals surface area contributed by atoms with Crippen LogP contribution < -0.4 is 20.1 Å². The molecule has 3 N–H and O–H groups in total. The number of urea groups is 1. The van der Waals surface area contributed by atoms with E-state index < -0.39 is 21.7 Å². The largest absolute Gasteiger partial charge is 0.491 e. The summed E-state index contributed by atoms with van der Waals surface area (Å²) < 4.78 is 32.6. The Balaban J connectivity index is 1.48. The van der Waals surface area contributed by atoms with E-state index in [1.807, 2.05) is 13.8 Å².